The van der Waals surface area contributed by atoms with Crippen LogP contribution in [0.15, 0.2) is 121 Å². The van der Waals surface area contributed by atoms with E-state index in [1.54, 1.807) is 0 Å². The molecular weight excluding hydrogens is 655 g/mol. The Morgan fingerprint density at radius 2 is 1.14 bits per heavy atom. The predicted octanol–water partition coefficient (Wildman–Crippen LogP) is 15.2. The monoisotopic (exact) mass is 699 g/mol. The second kappa shape index (κ2) is 11.5. The predicted molar refractivity (Wildman–Crippen MR) is 226 cm³/mol. The zero-order valence-corrected chi connectivity index (χ0v) is 32.4. The molecule has 51 heavy (non-hydrogen) atoms. The van der Waals surface area contributed by atoms with Crippen LogP contribution in [0.2, 0.25) is 0 Å². The number of hydrogen-bond acceptors (Lipinski definition) is 3. The highest BCUT2D eigenvalue weighted by molar-refractivity contribution is 7.26. The first kappa shape index (κ1) is 32.5. The Labute approximate surface area is 310 Å². The van der Waals surface area contributed by atoms with E-state index in [0.29, 0.717) is 0 Å². The molecule has 2 aromatic heterocycles. The molecule has 0 amide bonds. The standard InChI is InChI=1S/C48H45NS2/c1-46(2,3)41-26-34(25-38-37-28-39-40(29-44(37)51-45(38)41)48(6,7)23-22-47(39,4)5)49(32-17-13-16-31(24-32)30-14-9-8-10-15-30)33-20-21-36-35-18-11-12-19-42(35)50-43(36)27-33/h8-21,24-29H,22-23H2,1-7H3. The van der Waals surface area contributed by atoms with Gasteiger partial charge in [-0.2, -0.15) is 0 Å². The Hall–Kier alpha value is -4.44. The van der Waals surface area contributed by atoms with E-state index in [1.807, 2.05) is 22.7 Å². The van der Waals surface area contributed by atoms with Gasteiger partial charge < -0.3 is 4.90 Å². The van der Waals surface area contributed by atoms with E-state index in [4.69, 9.17) is 0 Å². The zero-order valence-electron chi connectivity index (χ0n) is 30.7. The van der Waals surface area contributed by atoms with Crippen LogP contribution < -0.4 is 4.90 Å². The lowest BCUT2D eigenvalue weighted by Gasteiger charge is -2.41. The Bertz CT molecular complexity index is 2630. The fraction of sp³-hybridized carbons (Fsp3) is 0.250. The Balaban J connectivity index is 1.33. The number of hydrogen-bond donors (Lipinski definition) is 0. The van der Waals surface area contributed by atoms with Crippen LogP contribution in [-0.4, -0.2) is 0 Å². The van der Waals surface area contributed by atoms with E-state index in [0.717, 1.165) is 5.69 Å². The molecule has 0 spiro atoms. The van der Waals surface area contributed by atoms with Gasteiger partial charge in [-0.25, -0.2) is 0 Å². The third kappa shape index (κ3) is 5.40. The Morgan fingerprint density at radius 1 is 0.490 bits per heavy atom. The maximum absolute atomic E-state index is 2.57. The SMILES string of the molecule is CC(C)(C)c1cc(N(c2cccc(-c3ccccc3)c2)c2ccc3c(c2)sc2ccccc23)cc2c1sc1cc3c(cc12)C(C)(C)CCC3(C)C. The van der Waals surface area contributed by atoms with E-state index < -0.39 is 0 Å². The van der Waals surface area contributed by atoms with E-state index >= 15 is 0 Å². The van der Waals surface area contributed by atoms with E-state index in [1.165, 1.54) is 92.4 Å². The van der Waals surface area contributed by atoms with Crippen molar-refractivity contribution >= 4 is 80.1 Å². The summed E-state index contributed by atoms with van der Waals surface area (Å²) in [7, 11) is 0. The van der Waals surface area contributed by atoms with Crippen LogP contribution in [0.5, 0.6) is 0 Å². The molecule has 9 rings (SSSR count). The Kier molecular flexibility index (Phi) is 7.34. The fourth-order valence-electron chi connectivity index (χ4n) is 8.36. The van der Waals surface area contributed by atoms with Crippen molar-refractivity contribution in [2.75, 3.05) is 4.90 Å². The lowest BCUT2D eigenvalue weighted by atomic mass is 9.63. The van der Waals surface area contributed by atoms with Crippen molar-refractivity contribution in [1.82, 2.24) is 0 Å². The summed E-state index contributed by atoms with van der Waals surface area (Å²) in [6.07, 6.45) is 2.44. The molecule has 254 valence electrons. The van der Waals surface area contributed by atoms with Gasteiger partial charge in [-0.3, -0.25) is 0 Å². The minimum atomic E-state index is -0.0414. The van der Waals surface area contributed by atoms with Gasteiger partial charge in [0.15, 0.2) is 0 Å². The van der Waals surface area contributed by atoms with Crippen molar-refractivity contribution in [3.05, 3.63) is 138 Å². The minimum absolute atomic E-state index is 0.0414. The quantitative estimate of drug-likeness (QED) is 0.177. The second-order valence-electron chi connectivity index (χ2n) is 16.9. The number of thiophene rings is 2. The molecule has 0 radical (unpaired) electrons. The van der Waals surface area contributed by atoms with Gasteiger partial charge in [0.25, 0.3) is 0 Å². The average Bonchev–Trinajstić information content (AvgIpc) is 3.67. The maximum Gasteiger partial charge on any atom is 0.0476 e. The summed E-state index contributed by atoms with van der Waals surface area (Å²) < 4.78 is 5.46. The molecule has 6 aromatic carbocycles. The summed E-state index contributed by atoms with van der Waals surface area (Å²) in [4.78, 5) is 2.50. The average molecular weight is 700 g/mol. The van der Waals surface area contributed by atoms with Crippen LogP contribution in [0.25, 0.3) is 51.5 Å². The highest BCUT2D eigenvalue weighted by Crippen LogP contribution is 2.51. The third-order valence-corrected chi connectivity index (χ3v) is 13.8. The van der Waals surface area contributed by atoms with Crippen molar-refractivity contribution in [1.29, 1.82) is 0 Å². The topological polar surface area (TPSA) is 3.24 Å². The summed E-state index contributed by atoms with van der Waals surface area (Å²) in [5, 5.41) is 5.41. The van der Waals surface area contributed by atoms with Crippen LogP contribution >= 0.6 is 22.7 Å². The maximum atomic E-state index is 2.57. The first-order chi connectivity index (χ1) is 24.4. The molecule has 1 aliphatic rings. The second-order valence-corrected chi connectivity index (χ2v) is 19.1. The molecule has 0 aliphatic heterocycles. The third-order valence-electron chi connectivity index (χ3n) is 11.4. The molecular formula is C48H45NS2. The van der Waals surface area contributed by atoms with Crippen LogP contribution in [0.1, 0.15) is 78.0 Å². The molecule has 0 atom stereocenters. The first-order valence-electron chi connectivity index (χ1n) is 18.3. The zero-order chi connectivity index (χ0) is 35.3. The van der Waals surface area contributed by atoms with E-state index in [9.17, 15) is 0 Å². The minimum Gasteiger partial charge on any atom is -0.310 e. The van der Waals surface area contributed by atoms with Gasteiger partial charge in [0.2, 0.25) is 0 Å². The van der Waals surface area contributed by atoms with Gasteiger partial charge in [-0.15, -0.1) is 22.7 Å². The summed E-state index contributed by atoms with van der Waals surface area (Å²) in [5.41, 5.74) is 10.7. The molecule has 0 saturated heterocycles. The number of fused-ring (bicyclic) bond motifs is 7. The van der Waals surface area contributed by atoms with Crippen molar-refractivity contribution < 1.29 is 0 Å². The molecule has 0 saturated carbocycles. The Morgan fingerprint density at radius 3 is 1.90 bits per heavy atom. The normalized spacial score (nSPS) is 15.5. The largest absolute Gasteiger partial charge is 0.310 e. The highest BCUT2D eigenvalue weighted by atomic mass is 32.1. The first-order valence-corrected chi connectivity index (χ1v) is 19.9. The summed E-state index contributed by atoms with van der Waals surface area (Å²) >= 11 is 3.87. The van der Waals surface area contributed by atoms with Crippen molar-refractivity contribution in [2.45, 2.75) is 77.6 Å². The van der Waals surface area contributed by atoms with Crippen LogP contribution in [0, 0.1) is 0 Å². The fourth-order valence-corrected chi connectivity index (χ4v) is 10.9. The molecule has 0 unspecified atom stereocenters. The number of nitrogens with zero attached hydrogens (tertiary/aromatic N) is 1. The van der Waals surface area contributed by atoms with Crippen molar-refractivity contribution in [2.24, 2.45) is 0 Å². The lowest BCUT2D eigenvalue weighted by molar-refractivity contribution is 0.332. The van der Waals surface area contributed by atoms with Gasteiger partial charge in [-0.05, 0) is 112 Å². The van der Waals surface area contributed by atoms with Crippen LogP contribution in [-0.2, 0) is 16.2 Å². The van der Waals surface area contributed by atoms with Gasteiger partial charge in [0.1, 0.15) is 0 Å². The van der Waals surface area contributed by atoms with Crippen molar-refractivity contribution in [3.8, 4) is 11.1 Å². The molecule has 3 heteroatoms. The van der Waals surface area contributed by atoms with E-state index in [2.05, 4.69) is 175 Å². The number of anilines is 3. The number of benzene rings is 6. The molecule has 0 fully saturated rings. The van der Waals surface area contributed by atoms with E-state index in [-0.39, 0.29) is 16.2 Å². The highest BCUT2D eigenvalue weighted by Gasteiger charge is 2.38. The summed E-state index contributed by atoms with van der Waals surface area (Å²) in [6, 6.07) is 45.8. The van der Waals surface area contributed by atoms with Gasteiger partial charge in [-0.1, -0.05) is 115 Å². The molecule has 0 bridgehead atoms. The summed E-state index contributed by atoms with van der Waals surface area (Å²) in [5.74, 6) is 0. The lowest BCUT2D eigenvalue weighted by Crippen LogP contribution is -2.33. The van der Waals surface area contributed by atoms with Crippen molar-refractivity contribution in [3.63, 3.8) is 0 Å². The van der Waals surface area contributed by atoms with Crippen LogP contribution in [0.3, 0.4) is 0 Å². The van der Waals surface area contributed by atoms with Gasteiger partial charge >= 0.3 is 0 Å². The molecule has 1 aliphatic carbocycles. The molecule has 8 aromatic rings. The van der Waals surface area contributed by atoms with Gasteiger partial charge in [0, 0.05) is 57.4 Å². The van der Waals surface area contributed by atoms with Gasteiger partial charge in [0.05, 0.1) is 0 Å². The molecule has 0 N–H and O–H groups in total. The summed E-state index contributed by atoms with van der Waals surface area (Å²) in [6.45, 7) is 16.9. The molecule has 1 nitrogen and oxygen atoms in total. The van der Waals surface area contributed by atoms with Crippen LogP contribution in [0.4, 0.5) is 17.1 Å². The molecule has 2 heterocycles. The smallest absolute Gasteiger partial charge is 0.0476 e. The number of rotatable bonds is 4.